The van der Waals surface area contributed by atoms with Crippen molar-refractivity contribution in [3.8, 4) is 0 Å². The number of fused-ring (bicyclic) bond motifs is 1. The summed E-state index contributed by atoms with van der Waals surface area (Å²) in [5, 5.41) is 27.9. The molecule has 0 unspecified atom stereocenters. The SMILES string of the molecule is CC1(C)O[C@H]2O[C@H]([C@@H](O)CO)[C@@H](O)[C@H]2O1. The summed E-state index contributed by atoms with van der Waals surface area (Å²) in [7, 11) is 0. The molecule has 0 aromatic carbocycles. The van der Waals surface area contributed by atoms with Crippen molar-refractivity contribution in [2.45, 2.75) is 50.3 Å². The number of hydrogen-bond donors (Lipinski definition) is 3. The largest absolute Gasteiger partial charge is 0.394 e. The van der Waals surface area contributed by atoms with Gasteiger partial charge in [-0.2, -0.15) is 0 Å². The topological polar surface area (TPSA) is 88.4 Å². The third-order valence-electron chi connectivity index (χ3n) is 2.62. The minimum atomic E-state index is -1.12. The summed E-state index contributed by atoms with van der Waals surface area (Å²) in [6.07, 6.45) is -4.26. The van der Waals surface area contributed by atoms with E-state index < -0.39 is 43.1 Å². The second kappa shape index (κ2) is 3.65. The molecule has 3 N–H and O–H groups in total. The molecule has 2 aliphatic rings. The first kappa shape index (κ1) is 11.3. The van der Waals surface area contributed by atoms with E-state index in [1.165, 1.54) is 0 Å². The van der Waals surface area contributed by atoms with Crippen LogP contribution >= 0.6 is 0 Å². The van der Waals surface area contributed by atoms with Crippen molar-refractivity contribution in [2.75, 3.05) is 6.61 Å². The first-order valence-electron chi connectivity index (χ1n) is 4.93. The predicted molar refractivity (Wildman–Crippen MR) is 47.8 cm³/mol. The van der Waals surface area contributed by atoms with E-state index in [1.807, 2.05) is 0 Å². The van der Waals surface area contributed by atoms with Gasteiger partial charge in [0.25, 0.3) is 0 Å². The van der Waals surface area contributed by atoms with E-state index in [1.54, 1.807) is 13.8 Å². The highest BCUT2D eigenvalue weighted by molar-refractivity contribution is 4.95. The molecule has 6 nitrogen and oxygen atoms in total. The average Bonchev–Trinajstić information content (AvgIpc) is 2.60. The minimum absolute atomic E-state index is 0.468. The minimum Gasteiger partial charge on any atom is -0.394 e. The predicted octanol–water partition coefficient (Wildman–Crippen LogP) is -1.42. The number of ether oxygens (including phenoxy) is 3. The second-order valence-electron chi connectivity index (χ2n) is 4.31. The molecule has 0 radical (unpaired) electrons. The Kier molecular flexibility index (Phi) is 2.74. The van der Waals surface area contributed by atoms with Crippen molar-refractivity contribution in [1.82, 2.24) is 0 Å². The zero-order chi connectivity index (χ0) is 11.2. The Bertz CT molecular complexity index is 243. The van der Waals surface area contributed by atoms with Crippen LogP contribution in [0.3, 0.4) is 0 Å². The number of rotatable bonds is 2. The highest BCUT2D eigenvalue weighted by atomic mass is 16.8. The van der Waals surface area contributed by atoms with Crippen LogP contribution in [-0.4, -0.2) is 58.4 Å². The van der Waals surface area contributed by atoms with Crippen molar-refractivity contribution >= 4 is 0 Å². The smallest absolute Gasteiger partial charge is 0.190 e. The van der Waals surface area contributed by atoms with Crippen LogP contribution in [0.5, 0.6) is 0 Å². The lowest BCUT2D eigenvalue weighted by Gasteiger charge is -2.24. The number of aliphatic hydroxyl groups excluding tert-OH is 3. The Balaban J connectivity index is 2.05. The van der Waals surface area contributed by atoms with Gasteiger partial charge in [-0.05, 0) is 13.8 Å². The van der Waals surface area contributed by atoms with Gasteiger partial charge in [0.2, 0.25) is 0 Å². The van der Waals surface area contributed by atoms with Crippen LogP contribution in [-0.2, 0) is 14.2 Å². The van der Waals surface area contributed by atoms with Crippen molar-refractivity contribution in [3.63, 3.8) is 0 Å². The summed E-state index contributed by atoms with van der Waals surface area (Å²) in [5.41, 5.74) is 0. The second-order valence-corrected chi connectivity index (χ2v) is 4.31. The summed E-state index contributed by atoms with van der Waals surface area (Å²) in [5.74, 6) is -0.786. The highest BCUT2D eigenvalue weighted by Gasteiger charge is 2.55. The summed E-state index contributed by atoms with van der Waals surface area (Å²) in [4.78, 5) is 0. The third kappa shape index (κ3) is 1.89. The van der Waals surface area contributed by atoms with Crippen LogP contribution in [0.1, 0.15) is 13.8 Å². The van der Waals surface area contributed by atoms with Gasteiger partial charge in [-0.25, -0.2) is 0 Å². The molecule has 0 aromatic rings. The van der Waals surface area contributed by atoms with Gasteiger partial charge in [0.15, 0.2) is 12.1 Å². The van der Waals surface area contributed by atoms with E-state index in [0.717, 1.165) is 0 Å². The van der Waals surface area contributed by atoms with Gasteiger partial charge in [-0.1, -0.05) is 0 Å². The maximum absolute atomic E-state index is 9.79. The molecule has 0 bridgehead atoms. The molecule has 15 heavy (non-hydrogen) atoms. The molecule has 0 amide bonds. The molecule has 0 spiro atoms. The van der Waals surface area contributed by atoms with E-state index in [0.29, 0.717) is 0 Å². The lowest BCUT2D eigenvalue weighted by Crippen LogP contribution is -2.42. The van der Waals surface area contributed by atoms with E-state index in [-0.39, 0.29) is 0 Å². The van der Waals surface area contributed by atoms with Gasteiger partial charge in [-0.3, -0.25) is 0 Å². The first-order chi connectivity index (χ1) is 6.94. The Labute approximate surface area is 87.4 Å². The molecular weight excluding hydrogens is 204 g/mol. The van der Waals surface area contributed by atoms with Gasteiger partial charge >= 0.3 is 0 Å². The van der Waals surface area contributed by atoms with Crippen LogP contribution in [0.2, 0.25) is 0 Å². The molecule has 2 saturated heterocycles. The fourth-order valence-electron chi connectivity index (χ4n) is 1.94. The van der Waals surface area contributed by atoms with Gasteiger partial charge in [0, 0.05) is 0 Å². The fourth-order valence-corrected chi connectivity index (χ4v) is 1.94. The molecule has 2 fully saturated rings. The Morgan fingerprint density at radius 1 is 1.33 bits per heavy atom. The lowest BCUT2D eigenvalue weighted by atomic mass is 10.1. The normalized spacial score (nSPS) is 45.4. The van der Waals surface area contributed by atoms with Gasteiger partial charge in [-0.15, -0.1) is 0 Å². The molecule has 0 saturated carbocycles. The fraction of sp³-hybridized carbons (Fsp3) is 1.00. The lowest BCUT2D eigenvalue weighted by molar-refractivity contribution is -0.227. The zero-order valence-electron chi connectivity index (χ0n) is 8.66. The van der Waals surface area contributed by atoms with Gasteiger partial charge in [0.05, 0.1) is 6.61 Å². The van der Waals surface area contributed by atoms with Crippen molar-refractivity contribution in [2.24, 2.45) is 0 Å². The third-order valence-corrected chi connectivity index (χ3v) is 2.62. The summed E-state index contributed by atoms with van der Waals surface area (Å²) in [6.45, 7) is 2.97. The monoisotopic (exact) mass is 220 g/mol. The maximum Gasteiger partial charge on any atom is 0.190 e. The zero-order valence-corrected chi connectivity index (χ0v) is 8.66. The van der Waals surface area contributed by atoms with Gasteiger partial charge in [0.1, 0.15) is 24.4 Å². The van der Waals surface area contributed by atoms with Crippen molar-refractivity contribution in [1.29, 1.82) is 0 Å². The molecule has 5 atom stereocenters. The summed E-state index contributed by atoms with van der Waals surface area (Å²) in [6, 6.07) is 0. The Morgan fingerprint density at radius 3 is 2.53 bits per heavy atom. The Hall–Kier alpha value is -0.240. The van der Waals surface area contributed by atoms with Crippen molar-refractivity contribution < 1.29 is 29.5 Å². The molecule has 0 aromatic heterocycles. The van der Waals surface area contributed by atoms with E-state index in [4.69, 9.17) is 19.3 Å². The number of hydrogen-bond acceptors (Lipinski definition) is 6. The van der Waals surface area contributed by atoms with Crippen LogP contribution in [0.25, 0.3) is 0 Å². The molecule has 88 valence electrons. The molecule has 2 rings (SSSR count). The van der Waals surface area contributed by atoms with E-state index >= 15 is 0 Å². The average molecular weight is 220 g/mol. The molecule has 2 heterocycles. The van der Waals surface area contributed by atoms with Crippen molar-refractivity contribution in [3.05, 3.63) is 0 Å². The Morgan fingerprint density at radius 2 is 2.00 bits per heavy atom. The van der Waals surface area contributed by atoms with Gasteiger partial charge < -0.3 is 29.5 Å². The van der Waals surface area contributed by atoms with E-state index in [2.05, 4.69) is 0 Å². The standard InChI is InChI=1S/C9H16O6/c1-9(2)14-7-5(12)6(4(11)3-10)13-8(7)15-9/h4-8,10-12H,3H2,1-2H3/t4-,5+,6+,7+,8+/m0/s1. The first-order valence-corrected chi connectivity index (χ1v) is 4.93. The molecule has 0 aliphatic carbocycles. The summed E-state index contributed by atoms with van der Waals surface area (Å²) < 4.78 is 16.1. The highest BCUT2D eigenvalue weighted by Crippen LogP contribution is 2.38. The number of aliphatic hydroxyl groups is 3. The molecule has 2 aliphatic heterocycles. The summed E-state index contributed by atoms with van der Waals surface area (Å²) >= 11 is 0. The maximum atomic E-state index is 9.79. The molecule has 6 heteroatoms. The van der Waals surface area contributed by atoms with Crippen LogP contribution < -0.4 is 0 Å². The van der Waals surface area contributed by atoms with Crippen LogP contribution in [0, 0.1) is 0 Å². The van der Waals surface area contributed by atoms with Crippen LogP contribution in [0.15, 0.2) is 0 Å². The van der Waals surface area contributed by atoms with E-state index in [9.17, 15) is 10.2 Å². The molecular formula is C9H16O6. The quantitative estimate of drug-likeness (QED) is 0.529. The van der Waals surface area contributed by atoms with Crippen LogP contribution in [0.4, 0.5) is 0 Å².